The summed E-state index contributed by atoms with van der Waals surface area (Å²) in [6.07, 6.45) is -4.67. The van der Waals surface area contributed by atoms with E-state index in [0.29, 0.717) is 0 Å². The minimum atomic E-state index is -4.67. The van der Waals surface area contributed by atoms with Gasteiger partial charge in [-0.15, -0.1) is 0 Å². The molecule has 0 aliphatic heterocycles. The third-order valence-electron chi connectivity index (χ3n) is 3.87. The first-order valence-electron chi connectivity index (χ1n) is 7.91. The molecule has 0 spiro atoms. The number of hydrogen-bond acceptors (Lipinski definition) is 4. The SMILES string of the molecule is COC(C)(C)C(=O)Nc1cc(C(=O)NCc2ccsc2)cc(C(F)(F)F)c1. The second-order valence-corrected chi connectivity index (χ2v) is 7.06. The molecule has 1 aromatic heterocycles. The van der Waals surface area contributed by atoms with Crippen molar-refractivity contribution >= 4 is 28.8 Å². The van der Waals surface area contributed by atoms with Gasteiger partial charge in [0.05, 0.1) is 5.56 Å². The average Bonchev–Trinajstić information content (AvgIpc) is 3.12. The Kier molecular flexibility index (Phi) is 6.27. The molecule has 27 heavy (non-hydrogen) atoms. The summed E-state index contributed by atoms with van der Waals surface area (Å²) in [4.78, 5) is 24.5. The van der Waals surface area contributed by atoms with E-state index >= 15 is 0 Å². The van der Waals surface area contributed by atoms with Crippen molar-refractivity contribution in [3.63, 3.8) is 0 Å². The smallest absolute Gasteiger partial charge is 0.369 e. The summed E-state index contributed by atoms with van der Waals surface area (Å²) >= 11 is 1.45. The van der Waals surface area contributed by atoms with Crippen LogP contribution in [0.5, 0.6) is 0 Å². The van der Waals surface area contributed by atoms with Gasteiger partial charge in [-0.3, -0.25) is 9.59 Å². The third-order valence-corrected chi connectivity index (χ3v) is 4.60. The van der Waals surface area contributed by atoms with Crippen molar-refractivity contribution in [3.8, 4) is 0 Å². The molecule has 9 heteroatoms. The van der Waals surface area contributed by atoms with Gasteiger partial charge in [-0.2, -0.15) is 24.5 Å². The van der Waals surface area contributed by atoms with Crippen molar-refractivity contribution in [2.75, 3.05) is 12.4 Å². The molecule has 0 bridgehead atoms. The van der Waals surface area contributed by atoms with Crippen LogP contribution in [0.4, 0.5) is 18.9 Å². The monoisotopic (exact) mass is 400 g/mol. The van der Waals surface area contributed by atoms with E-state index in [0.717, 1.165) is 17.7 Å². The zero-order chi connectivity index (χ0) is 20.2. The van der Waals surface area contributed by atoms with Gasteiger partial charge < -0.3 is 15.4 Å². The predicted octanol–water partition coefficient (Wildman–Crippen LogP) is 4.06. The van der Waals surface area contributed by atoms with Gasteiger partial charge >= 0.3 is 6.18 Å². The van der Waals surface area contributed by atoms with Gasteiger partial charge in [-0.05, 0) is 54.4 Å². The van der Waals surface area contributed by atoms with Crippen LogP contribution >= 0.6 is 11.3 Å². The molecule has 0 saturated carbocycles. The molecule has 2 amide bonds. The third kappa shape index (κ3) is 5.54. The first-order valence-corrected chi connectivity index (χ1v) is 8.85. The number of carbonyl (C=O) groups excluding carboxylic acids is 2. The second-order valence-electron chi connectivity index (χ2n) is 6.28. The number of methoxy groups -OCH3 is 1. The minimum Gasteiger partial charge on any atom is -0.369 e. The molecule has 0 saturated heterocycles. The molecule has 2 aromatic rings. The zero-order valence-corrected chi connectivity index (χ0v) is 15.8. The van der Waals surface area contributed by atoms with Crippen LogP contribution < -0.4 is 10.6 Å². The Hall–Kier alpha value is -2.39. The first-order chi connectivity index (χ1) is 12.5. The van der Waals surface area contributed by atoms with E-state index in [1.54, 1.807) is 6.07 Å². The van der Waals surface area contributed by atoms with Crippen molar-refractivity contribution in [3.05, 3.63) is 51.7 Å². The average molecular weight is 400 g/mol. The topological polar surface area (TPSA) is 67.4 Å². The summed E-state index contributed by atoms with van der Waals surface area (Å²) in [5, 5.41) is 8.59. The number of hydrogen-bond donors (Lipinski definition) is 2. The van der Waals surface area contributed by atoms with E-state index in [1.807, 2.05) is 10.8 Å². The fraction of sp³-hybridized carbons (Fsp3) is 0.333. The fourth-order valence-electron chi connectivity index (χ4n) is 2.05. The Labute approximate surface area is 158 Å². The maximum absolute atomic E-state index is 13.2. The molecule has 0 fully saturated rings. The zero-order valence-electron chi connectivity index (χ0n) is 14.9. The first kappa shape index (κ1) is 20.9. The summed E-state index contributed by atoms with van der Waals surface area (Å²) in [5.41, 5.74) is -1.77. The lowest BCUT2D eigenvalue weighted by Gasteiger charge is -2.22. The summed E-state index contributed by atoms with van der Waals surface area (Å²) in [7, 11) is 1.31. The van der Waals surface area contributed by atoms with Crippen molar-refractivity contribution in [2.24, 2.45) is 0 Å². The molecule has 0 unspecified atom stereocenters. The molecule has 0 aliphatic carbocycles. The summed E-state index contributed by atoms with van der Waals surface area (Å²) in [5.74, 6) is -1.30. The molecule has 0 radical (unpaired) electrons. The molecule has 5 nitrogen and oxygen atoms in total. The van der Waals surface area contributed by atoms with E-state index in [2.05, 4.69) is 10.6 Å². The van der Waals surface area contributed by atoms with E-state index in [9.17, 15) is 22.8 Å². The Morgan fingerprint density at radius 1 is 1.19 bits per heavy atom. The highest BCUT2D eigenvalue weighted by Gasteiger charge is 2.33. The number of alkyl halides is 3. The van der Waals surface area contributed by atoms with Gasteiger partial charge in [0.15, 0.2) is 0 Å². The predicted molar refractivity (Wildman–Crippen MR) is 96.7 cm³/mol. The van der Waals surface area contributed by atoms with E-state index in [4.69, 9.17) is 4.74 Å². The number of nitrogens with one attached hydrogen (secondary N) is 2. The molecule has 1 heterocycles. The van der Waals surface area contributed by atoms with Gasteiger partial charge in [0.25, 0.3) is 11.8 Å². The van der Waals surface area contributed by atoms with Crippen LogP contribution in [0.1, 0.15) is 35.3 Å². The fourth-order valence-corrected chi connectivity index (χ4v) is 2.72. The maximum atomic E-state index is 13.2. The highest BCUT2D eigenvalue weighted by molar-refractivity contribution is 7.07. The molecule has 0 aliphatic rings. The van der Waals surface area contributed by atoms with E-state index in [1.165, 1.54) is 38.4 Å². The standard InChI is InChI=1S/C18H19F3N2O3S/c1-17(2,26-3)16(25)23-14-7-12(6-13(8-14)18(19,20)21)15(24)22-9-11-4-5-27-10-11/h4-8,10H,9H2,1-3H3,(H,22,24)(H,23,25). The van der Waals surface area contributed by atoms with Gasteiger partial charge in [0.1, 0.15) is 5.60 Å². The Balaban J connectivity index is 2.28. The number of carbonyl (C=O) groups is 2. The Bertz CT molecular complexity index is 818. The highest BCUT2D eigenvalue weighted by atomic mass is 32.1. The number of thiophene rings is 1. The lowest BCUT2D eigenvalue weighted by atomic mass is 10.1. The minimum absolute atomic E-state index is 0.138. The van der Waals surface area contributed by atoms with Crippen LogP contribution in [-0.2, 0) is 22.3 Å². The van der Waals surface area contributed by atoms with Crippen LogP contribution in [0.2, 0.25) is 0 Å². The van der Waals surface area contributed by atoms with Crippen molar-refractivity contribution in [1.82, 2.24) is 5.32 Å². The molecule has 2 rings (SSSR count). The Morgan fingerprint density at radius 2 is 1.89 bits per heavy atom. The normalized spacial score (nSPS) is 11.9. The highest BCUT2D eigenvalue weighted by Crippen LogP contribution is 2.32. The number of benzene rings is 1. The largest absolute Gasteiger partial charge is 0.416 e. The number of amides is 2. The van der Waals surface area contributed by atoms with Gasteiger partial charge in [0, 0.05) is 24.9 Å². The maximum Gasteiger partial charge on any atom is 0.416 e. The molecule has 0 atom stereocenters. The second kappa shape index (κ2) is 8.10. The number of rotatable bonds is 6. The lowest BCUT2D eigenvalue weighted by molar-refractivity contribution is -0.137. The van der Waals surface area contributed by atoms with Gasteiger partial charge in [-0.25, -0.2) is 0 Å². The quantitative estimate of drug-likeness (QED) is 0.769. The van der Waals surface area contributed by atoms with Crippen LogP contribution in [0.15, 0.2) is 35.0 Å². The molecule has 2 N–H and O–H groups in total. The lowest BCUT2D eigenvalue weighted by Crippen LogP contribution is -2.39. The Morgan fingerprint density at radius 3 is 2.44 bits per heavy atom. The summed E-state index contributed by atoms with van der Waals surface area (Å²) < 4.78 is 44.6. The van der Waals surface area contributed by atoms with Crippen LogP contribution in [-0.4, -0.2) is 24.5 Å². The number of halogens is 3. The number of anilines is 1. The van der Waals surface area contributed by atoms with Crippen molar-refractivity contribution in [1.29, 1.82) is 0 Å². The van der Waals surface area contributed by atoms with E-state index in [-0.39, 0.29) is 17.8 Å². The summed E-state index contributed by atoms with van der Waals surface area (Å²) in [6.45, 7) is 3.14. The van der Waals surface area contributed by atoms with Crippen LogP contribution in [0.25, 0.3) is 0 Å². The van der Waals surface area contributed by atoms with Crippen molar-refractivity contribution in [2.45, 2.75) is 32.2 Å². The molecular formula is C18H19F3N2O3S. The van der Waals surface area contributed by atoms with E-state index < -0.39 is 29.2 Å². The number of ether oxygens (including phenoxy) is 1. The van der Waals surface area contributed by atoms with Gasteiger partial charge in [-0.1, -0.05) is 0 Å². The van der Waals surface area contributed by atoms with Crippen molar-refractivity contribution < 1.29 is 27.5 Å². The summed E-state index contributed by atoms with van der Waals surface area (Å²) in [6, 6.07) is 4.52. The van der Waals surface area contributed by atoms with Gasteiger partial charge in [0.2, 0.25) is 0 Å². The van der Waals surface area contributed by atoms with Crippen LogP contribution in [0, 0.1) is 0 Å². The molecule has 1 aromatic carbocycles. The molecular weight excluding hydrogens is 381 g/mol. The molecule has 146 valence electrons. The van der Waals surface area contributed by atoms with Crippen LogP contribution in [0.3, 0.4) is 0 Å².